The van der Waals surface area contributed by atoms with E-state index in [9.17, 15) is 9.59 Å². The number of alkyl halides is 1. The zero-order chi connectivity index (χ0) is 15.7. The van der Waals surface area contributed by atoms with Gasteiger partial charge in [0.15, 0.2) is 6.07 Å². The number of hydrogen-bond acceptors (Lipinski definition) is 5. The van der Waals surface area contributed by atoms with E-state index < -0.39 is 23.7 Å². The van der Waals surface area contributed by atoms with Crippen LogP contribution in [0.5, 0.6) is 0 Å². The molecule has 7 heteroatoms. The summed E-state index contributed by atoms with van der Waals surface area (Å²) < 4.78 is 15.6. The summed E-state index contributed by atoms with van der Waals surface area (Å²) >= 11 is 5.48. The van der Waals surface area contributed by atoms with E-state index in [-0.39, 0.29) is 11.5 Å². The Labute approximate surface area is 129 Å². The second-order valence-corrected chi connectivity index (χ2v) is 6.78. The van der Waals surface area contributed by atoms with E-state index in [1.54, 1.807) is 20.8 Å². The lowest BCUT2D eigenvalue weighted by atomic mass is 9.66. The van der Waals surface area contributed by atoms with Crippen molar-refractivity contribution in [2.45, 2.75) is 45.3 Å². The summed E-state index contributed by atoms with van der Waals surface area (Å²) in [5.41, 5.74) is -0.866. The molecule has 0 aliphatic carbocycles. The van der Waals surface area contributed by atoms with Crippen LogP contribution in [0.3, 0.4) is 0 Å². The summed E-state index contributed by atoms with van der Waals surface area (Å²) in [4.78, 5) is 25.8. The van der Waals surface area contributed by atoms with Gasteiger partial charge in [-0.3, -0.25) is 4.90 Å². The van der Waals surface area contributed by atoms with Crippen molar-refractivity contribution in [3.05, 3.63) is 0 Å². The van der Waals surface area contributed by atoms with Crippen molar-refractivity contribution >= 4 is 23.7 Å². The molecule has 6 nitrogen and oxygen atoms in total. The lowest BCUT2D eigenvalue weighted by Gasteiger charge is -2.56. The smallest absolute Gasteiger partial charge is 0.411 e. The Bertz CT molecular complexity index is 414. The predicted molar refractivity (Wildman–Crippen MR) is 76.0 cm³/mol. The Morgan fingerprint density at radius 1 is 1.33 bits per heavy atom. The van der Waals surface area contributed by atoms with Crippen molar-refractivity contribution < 1.29 is 23.8 Å². The molecule has 120 valence electrons. The first-order valence-corrected chi connectivity index (χ1v) is 7.62. The summed E-state index contributed by atoms with van der Waals surface area (Å²) in [6.45, 7) is 7.05. The summed E-state index contributed by atoms with van der Waals surface area (Å²) in [6, 6.07) is -0.848. The highest BCUT2D eigenvalue weighted by Gasteiger charge is 2.59. The van der Waals surface area contributed by atoms with E-state index in [1.807, 2.05) is 0 Å². The molecule has 1 unspecified atom stereocenters. The Morgan fingerprint density at radius 3 is 2.48 bits per heavy atom. The number of carbonyl (C=O) groups excluding carboxylic acids is 2. The number of halogens is 1. The zero-order valence-corrected chi connectivity index (χ0v) is 13.4. The minimum atomic E-state index is -0.630. The largest absolute Gasteiger partial charge is 0.448 e. The second-order valence-electron chi connectivity index (χ2n) is 6.56. The third-order valence-corrected chi connectivity index (χ3v) is 4.02. The molecule has 0 saturated carbocycles. The monoisotopic (exact) mass is 319 g/mol. The van der Waals surface area contributed by atoms with Crippen LogP contribution in [0.2, 0.25) is 0 Å². The molecule has 2 fully saturated rings. The fraction of sp³-hybridized carbons (Fsp3) is 0.857. The van der Waals surface area contributed by atoms with E-state index in [4.69, 9.17) is 25.8 Å². The van der Waals surface area contributed by atoms with Crippen LogP contribution in [0, 0.1) is 5.41 Å². The van der Waals surface area contributed by atoms with Gasteiger partial charge in [0.25, 0.3) is 0 Å². The number of ether oxygens (including phenoxy) is 3. The molecule has 1 atom stereocenters. The maximum atomic E-state index is 12.2. The number of carbonyl (C=O) groups is 2. The van der Waals surface area contributed by atoms with Crippen molar-refractivity contribution in [1.29, 1.82) is 0 Å². The molecule has 21 heavy (non-hydrogen) atoms. The molecule has 2 saturated heterocycles. The Hall–Kier alpha value is -1.01. The molecular weight excluding hydrogens is 298 g/mol. The van der Waals surface area contributed by atoms with Crippen molar-refractivity contribution in [2.24, 2.45) is 5.41 Å². The molecule has 0 aromatic heterocycles. The van der Waals surface area contributed by atoms with Gasteiger partial charge in [-0.2, -0.15) is 0 Å². The first-order valence-electron chi connectivity index (χ1n) is 7.09. The second kappa shape index (κ2) is 6.01. The molecule has 0 bridgehead atoms. The van der Waals surface area contributed by atoms with Gasteiger partial charge in [-0.05, 0) is 33.6 Å². The SMILES string of the molecule is CC(C)(C)OC(=O)N1CC2(CCOCC2)C1C(=O)OCCl. The fourth-order valence-electron chi connectivity index (χ4n) is 2.95. The summed E-state index contributed by atoms with van der Waals surface area (Å²) in [6.07, 6.45) is 0.971. The minimum Gasteiger partial charge on any atom is -0.448 e. The van der Waals surface area contributed by atoms with Gasteiger partial charge in [0.1, 0.15) is 11.6 Å². The number of hydrogen-bond donors (Lipinski definition) is 0. The highest BCUT2D eigenvalue weighted by molar-refractivity contribution is 6.17. The van der Waals surface area contributed by atoms with Crippen LogP contribution in [0.1, 0.15) is 33.6 Å². The van der Waals surface area contributed by atoms with Gasteiger partial charge < -0.3 is 14.2 Å². The molecule has 1 amide bonds. The van der Waals surface area contributed by atoms with Crippen LogP contribution in [-0.2, 0) is 19.0 Å². The van der Waals surface area contributed by atoms with E-state index in [1.165, 1.54) is 4.90 Å². The maximum absolute atomic E-state index is 12.2. The highest BCUT2D eigenvalue weighted by Crippen LogP contribution is 2.46. The number of rotatable bonds is 2. The Kier molecular flexibility index (Phi) is 4.68. The summed E-state index contributed by atoms with van der Waals surface area (Å²) in [5.74, 6) is -0.469. The first kappa shape index (κ1) is 16.4. The van der Waals surface area contributed by atoms with Crippen LogP contribution in [0.25, 0.3) is 0 Å². The molecule has 2 aliphatic heterocycles. The van der Waals surface area contributed by atoms with Gasteiger partial charge in [-0.15, -0.1) is 0 Å². The zero-order valence-electron chi connectivity index (χ0n) is 12.7. The summed E-state index contributed by atoms with van der Waals surface area (Å²) in [7, 11) is 0. The molecule has 0 aromatic rings. The fourth-order valence-corrected chi connectivity index (χ4v) is 3.05. The van der Waals surface area contributed by atoms with E-state index >= 15 is 0 Å². The minimum absolute atomic E-state index is 0.218. The van der Waals surface area contributed by atoms with E-state index in [0.29, 0.717) is 19.8 Å². The number of esters is 1. The molecule has 1 spiro atoms. The molecule has 2 aliphatic rings. The van der Waals surface area contributed by atoms with Crippen LogP contribution < -0.4 is 0 Å². The highest BCUT2D eigenvalue weighted by atomic mass is 35.5. The average Bonchev–Trinajstić information content (AvgIpc) is 2.35. The third kappa shape index (κ3) is 3.43. The van der Waals surface area contributed by atoms with Crippen molar-refractivity contribution in [1.82, 2.24) is 4.90 Å². The number of likely N-dealkylation sites (tertiary alicyclic amines) is 1. The summed E-state index contributed by atoms with van der Waals surface area (Å²) in [5, 5.41) is 0. The van der Waals surface area contributed by atoms with Crippen LogP contribution >= 0.6 is 11.6 Å². The molecule has 0 N–H and O–H groups in total. The van der Waals surface area contributed by atoms with Crippen molar-refractivity contribution in [3.63, 3.8) is 0 Å². The number of amides is 1. The normalized spacial score (nSPS) is 24.4. The van der Waals surface area contributed by atoms with Gasteiger partial charge in [0.05, 0.1) is 0 Å². The van der Waals surface area contributed by atoms with Gasteiger partial charge >= 0.3 is 12.1 Å². The average molecular weight is 320 g/mol. The molecular formula is C14H22ClNO5. The Balaban J connectivity index is 2.11. The van der Waals surface area contributed by atoms with Crippen molar-refractivity contribution in [2.75, 3.05) is 25.8 Å². The standard InChI is InChI=1S/C14H22ClNO5/c1-13(2,3)21-12(18)16-8-14(4-6-19-7-5-14)10(16)11(17)20-9-15/h10H,4-9H2,1-3H3. The van der Waals surface area contributed by atoms with Gasteiger partial charge in [0, 0.05) is 25.2 Å². The first-order chi connectivity index (χ1) is 9.79. The van der Waals surface area contributed by atoms with Crippen LogP contribution in [0.15, 0.2) is 0 Å². The van der Waals surface area contributed by atoms with Crippen LogP contribution in [-0.4, -0.2) is 54.4 Å². The Morgan fingerprint density at radius 2 is 1.95 bits per heavy atom. The number of nitrogens with zero attached hydrogens (tertiary/aromatic N) is 1. The topological polar surface area (TPSA) is 65.1 Å². The predicted octanol–water partition coefficient (Wildman–Crippen LogP) is 2.14. The molecule has 2 rings (SSSR count). The quantitative estimate of drug-likeness (QED) is 0.576. The van der Waals surface area contributed by atoms with Gasteiger partial charge in [-0.25, -0.2) is 9.59 Å². The van der Waals surface area contributed by atoms with Gasteiger partial charge in [0.2, 0.25) is 0 Å². The van der Waals surface area contributed by atoms with E-state index in [2.05, 4.69) is 0 Å². The molecule has 2 heterocycles. The van der Waals surface area contributed by atoms with Gasteiger partial charge in [-0.1, -0.05) is 11.6 Å². The van der Waals surface area contributed by atoms with E-state index in [0.717, 1.165) is 12.8 Å². The lowest BCUT2D eigenvalue weighted by molar-refractivity contribution is -0.178. The van der Waals surface area contributed by atoms with Crippen molar-refractivity contribution in [3.8, 4) is 0 Å². The van der Waals surface area contributed by atoms with Crippen LogP contribution in [0.4, 0.5) is 4.79 Å². The third-order valence-electron chi connectivity index (χ3n) is 3.91. The molecule has 0 radical (unpaired) electrons. The maximum Gasteiger partial charge on any atom is 0.411 e. The lowest BCUT2D eigenvalue weighted by Crippen LogP contribution is -2.71. The molecule has 0 aromatic carbocycles.